The summed E-state index contributed by atoms with van der Waals surface area (Å²) < 4.78 is 11.4. The van der Waals surface area contributed by atoms with Crippen molar-refractivity contribution >= 4 is 21.6 Å². The van der Waals surface area contributed by atoms with Crippen LogP contribution in [0.5, 0.6) is 5.75 Å². The second kappa shape index (κ2) is 5.57. The van der Waals surface area contributed by atoms with Gasteiger partial charge in [-0.25, -0.2) is 0 Å². The highest BCUT2D eigenvalue weighted by molar-refractivity contribution is 9.10. The zero-order valence-electron chi connectivity index (χ0n) is 11.2. The van der Waals surface area contributed by atoms with Crippen molar-refractivity contribution in [3.63, 3.8) is 0 Å². The number of aromatic nitrogens is 2. The van der Waals surface area contributed by atoms with E-state index in [1.807, 2.05) is 24.3 Å². The first-order chi connectivity index (χ1) is 10.2. The molecule has 0 spiro atoms. The normalized spacial score (nSPS) is 10.6. The topological polar surface area (TPSA) is 74.2 Å². The molecule has 0 amide bonds. The number of ether oxygens (including phenoxy) is 1. The summed E-state index contributed by atoms with van der Waals surface area (Å²) in [6.45, 7) is 0. The van der Waals surface area contributed by atoms with E-state index < -0.39 is 0 Å². The molecule has 0 radical (unpaired) electrons. The van der Waals surface area contributed by atoms with E-state index in [-0.39, 0.29) is 0 Å². The second-order valence-corrected chi connectivity index (χ2v) is 5.30. The van der Waals surface area contributed by atoms with Crippen LogP contribution in [-0.4, -0.2) is 17.3 Å². The maximum Gasteiger partial charge on any atom is 0.260 e. The minimum Gasteiger partial charge on any atom is -0.497 e. The molecule has 0 aliphatic heterocycles. The van der Waals surface area contributed by atoms with E-state index in [2.05, 4.69) is 26.1 Å². The van der Waals surface area contributed by atoms with Crippen LogP contribution in [-0.2, 0) is 0 Å². The van der Waals surface area contributed by atoms with Crippen molar-refractivity contribution in [2.75, 3.05) is 12.8 Å². The van der Waals surface area contributed by atoms with E-state index in [0.717, 1.165) is 10.0 Å². The van der Waals surface area contributed by atoms with Gasteiger partial charge in [-0.2, -0.15) is 4.98 Å². The summed E-state index contributed by atoms with van der Waals surface area (Å²) in [6, 6.07) is 13.0. The van der Waals surface area contributed by atoms with Crippen molar-refractivity contribution in [2.45, 2.75) is 0 Å². The van der Waals surface area contributed by atoms with Crippen LogP contribution in [0.25, 0.3) is 22.8 Å². The largest absolute Gasteiger partial charge is 0.497 e. The average molecular weight is 346 g/mol. The van der Waals surface area contributed by atoms with E-state index in [1.54, 1.807) is 25.3 Å². The third-order valence-electron chi connectivity index (χ3n) is 3.00. The fourth-order valence-corrected chi connectivity index (χ4v) is 2.34. The summed E-state index contributed by atoms with van der Waals surface area (Å²) in [6.07, 6.45) is 0. The highest BCUT2D eigenvalue weighted by atomic mass is 79.9. The van der Waals surface area contributed by atoms with E-state index in [1.165, 1.54) is 0 Å². The summed E-state index contributed by atoms with van der Waals surface area (Å²) in [4.78, 5) is 4.39. The van der Waals surface area contributed by atoms with Crippen LogP contribution < -0.4 is 10.5 Å². The molecule has 0 fully saturated rings. The standard InChI is InChI=1S/C15H12BrN3O2/c1-20-11-5-6-12(13(17)8-11)15-18-14(19-21-15)9-3-2-4-10(16)7-9/h2-8H,17H2,1H3. The highest BCUT2D eigenvalue weighted by Gasteiger charge is 2.13. The molecule has 0 saturated carbocycles. The maximum absolute atomic E-state index is 5.99. The van der Waals surface area contributed by atoms with Gasteiger partial charge in [0.15, 0.2) is 0 Å². The van der Waals surface area contributed by atoms with E-state index in [9.17, 15) is 0 Å². The van der Waals surface area contributed by atoms with Crippen LogP contribution in [0, 0.1) is 0 Å². The molecule has 0 atom stereocenters. The van der Waals surface area contributed by atoms with Gasteiger partial charge in [0.2, 0.25) is 5.82 Å². The summed E-state index contributed by atoms with van der Waals surface area (Å²) in [5.74, 6) is 1.58. The Bertz CT molecular complexity index is 786. The fourth-order valence-electron chi connectivity index (χ4n) is 1.94. The average Bonchev–Trinajstić information content (AvgIpc) is 2.96. The van der Waals surface area contributed by atoms with Crippen LogP contribution in [0.4, 0.5) is 5.69 Å². The van der Waals surface area contributed by atoms with E-state index in [0.29, 0.717) is 28.7 Å². The highest BCUT2D eigenvalue weighted by Crippen LogP contribution is 2.30. The number of methoxy groups -OCH3 is 1. The first-order valence-corrected chi connectivity index (χ1v) is 7.00. The van der Waals surface area contributed by atoms with Gasteiger partial charge in [0.1, 0.15) is 5.75 Å². The van der Waals surface area contributed by atoms with Crippen LogP contribution in [0.15, 0.2) is 51.5 Å². The first kappa shape index (κ1) is 13.6. The first-order valence-electron chi connectivity index (χ1n) is 6.21. The van der Waals surface area contributed by atoms with Crippen LogP contribution >= 0.6 is 15.9 Å². The molecule has 6 heteroatoms. The quantitative estimate of drug-likeness (QED) is 0.731. The van der Waals surface area contributed by atoms with Crippen molar-refractivity contribution in [1.82, 2.24) is 10.1 Å². The van der Waals surface area contributed by atoms with Crippen LogP contribution in [0.3, 0.4) is 0 Å². The molecule has 5 nitrogen and oxygen atoms in total. The third kappa shape index (κ3) is 2.75. The predicted molar refractivity (Wildman–Crippen MR) is 83.8 cm³/mol. The zero-order valence-corrected chi connectivity index (χ0v) is 12.8. The van der Waals surface area contributed by atoms with Crippen molar-refractivity contribution in [3.8, 4) is 28.6 Å². The minimum atomic E-state index is 0.380. The number of nitrogen functional groups attached to an aromatic ring is 1. The number of rotatable bonds is 3. The lowest BCUT2D eigenvalue weighted by atomic mass is 10.1. The Balaban J connectivity index is 1.98. The van der Waals surface area contributed by atoms with Gasteiger partial charge >= 0.3 is 0 Å². The molecule has 0 aliphatic carbocycles. The van der Waals surface area contributed by atoms with Crippen LogP contribution in [0.2, 0.25) is 0 Å². The van der Waals surface area contributed by atoms with E-state index >= 15 is 0 Å². The van der Waals surface area contributed by atoms with Gasteiger partial charge in [0, 0.05) is 21.8 Å². The molecule has 106 valence electrons. The van der Waals surface area contributed by atoms with Crippen molar-refractivity contribution in [1.29, 1.82) is 0 Å². The fraction of sp³-hybridized carbons (Fsp3) is 0.0667. The smallest absolute Gasteiger partial charge is 0.260 e. The van der Waals surface area contributed by atoms with Gasteiger partial charge in [-0.15, -0.1) is 0 Å². The number of benzene rings is 2. The Morgan fingerprint density at radius 1 is 1.19 bits per heavy atom. The SMILES string of the molecule is COc1ccc(-c2nc(-c3cccc(Br)c3)no2)c(N)c1. The zero-order chi connectivity index (χ0) is 14.8. The third-order valence-corrected chi connectivity index (χ3v) is 3.49. The van der Waals surface area contributed by atoms with Gasteiger partial charge in [-0.1, -0.05) is 33.2 Å². The molecule has 21 heavy (non-hydrogen) atoms. The molecule has 1 aromatic heterocycles. The lowest BCUT2D eigenvalue weighted by molar-refractivity contribution is 0.414. The van der Waals surface area contributed by atoms with Gasteiger partial charge in [-0.05, 0) is 24.3 Å². The molecule has 0 unspecified atom stereocenters. The van der Waals surface area contributed by atoms with Gasteiger partial charge in [0.25, 0.3) is 5.89 Å². The molecule has 0 bridgehead atoms. The molecule has 3 aromatic rings. The predicted octanol–water partition coefficient (Wildman–Crippen LogP) is 3.76. The monoisotopic (exact) mass is 345 g/mol. The van der Waals surface area contributed by atoms with Crippen molar-refractivity contribution in [2.24, 2.45) is 0 Å². The molecule has 3 rings (SSSR count). The minimum absolute atomic E-state index is 0.380. The molecule has 2 aromatic carbocycles. The number of halogens is 1. The van der Waals surface area contributed by atoms with Gasteiger partial charge in [-0.3, -0.25) is 0 Å². The molecule has 0 saturated heterocycles. The molecule has 1 heterocycles. The van der Waals surface area contributed by atoms with Gasteiger partial charge < -0.3 is 15.0 Å². The second-order valence-electron chi connectivity index (χ2n) is 4.39. The number of nitrogens with two attached hydrogens (primary N) is 1. The summed E-state index contributed by atoms with van der Waals surface area (Å²) in [5.41, 5.74) is 8.06. The Labute approximate surface area is 129 Å². The van der Waals surface area contributed by atoms with Crippen molar-refractivity contribution in [3.05, 3.63) is 46.9 Å². The number of hydrogen-bond donors (Lipinski definition) is 1. The lowest BCUT2D eigenvalue weighted by Crippen LogP contribution is -1.92. The molecular weight excluding hydrogens is 334 g/mol. The van der Waals surface area contributed by atoms with Gasteiger partial charge in [0.05, 0.1) is 12.7 Å². The Kier molecular flexibility index (Phi) is 3.62. The Morgan fingerprint density at radius 3 is 2.76 bits per heavy atom. The Morgan fingerprint density at radius 2 is 2.05 bits per heavy atom. The summed E-state index contributed by atoms with van der Waals surface area (Å²) >= 11 is 3.42. The number of anilines is 1. The Hall–Kier alpha value is -2.34. The summed E-state index contributed by atoms with van der Waals surface area (Å²) in [5, 5.41) is 3.99. The number of hydrogen-bond acceptors (Lipinski definition) is 5. The number of nitrogens with zero attached hydrogens (tertiary/aromatic N) is 2. The van der Waals surface area contributed by atoms with Crippen molar-refractivity contribution < 1.29 is 9.26 Å². The molecule has 2 N–H and O–H groups in total. The summed E-state index contributed by atoms with van der Waals surface area (Å²) in [7, 11) is 1.59. The maximum atomic E-state index is 5.99. The van der Waals surface area contributed by atoms with Crippen LogP contribution in [0.1, 0.15) is 0 Å². The molecular formula is C15H12BrN3O2. The molecule has 0 aliphatic rings. The van der Waals surface area contributed by atoms with E-state index in [4.69, 9.17) is 15.0 Å². The lowest BCUT2D eigenvalue weighted by Gasteiger charge is -2.03.